The zero-order valence-electron chi connectivity index (χ0n) is 15.4. The Bertz CT molecular complexity index is 555. The maximum absolute atomic E-state index is 12.0. The van der Waals surface area contributed by atoms with Crippen LogP contribution in [0.3, 0.4) is 0 Å². The number of likely N-dealkylation sites (tertiary alicyclic amines) is 2. The van der Waals surface area contributed by atoms with Crippen molar-refractivity contribution in [1.29, 1.82) is 0 Å². The third-order valence-electron chi connectivity index (χ3n) is 5.26. The first-order chi connectivity index (χ1) is 11.4. The molecule has 2 aliphatic rings. The molecule has 0 aliphatic carbocycles. The molecule has 2 aliphatic heterocycles. The number of piperidine rings is 2. The summed E-state index contributed by atoms with van der Waals surface area (Å²) in [5.41, 5.74) is 0.198. The summed E-state index contributed by atoms with van der Waals surface area (Å²) >= 11 is 1.86. The molecule has 0 saturated carbocycles. The van der Waals surface area contributed by atoms with Crippen LogP contribution in [-0.2, 0) is 16.8 Å². The summed E-state index contributed by atoms with van der Waals surface area (Å²) in [5.74, 6) is 1.06. The number of aromatic nitrogens is 1. The molecule has 134 valence electrons. The molecule has 24 heavy (non-hydrogen) atoms. The standard InChI is InChI=1S/C19H31N3OS/c1-19(2,3)16-12-20-17(24-16)14-21-10-7-15(8-11-21)13-22-9-5-4-6-18(22)23/h12,15H,4-11,13-14H2,1-3H3. The highest BCUT2D eigenvalue weighted by molar-refractivity contribution is 7.11. The molecule has 4 nitrogen and oxygen atoms in total. The average Bonchev–Trinajstić information content (AvgIpc) is 3.00. The molecule has 1 aromatic heterocycles. The van der Waals surface area contributed by atoms with Gasteiger partial charge in [-0.2, -0.15) is 0 Å². The zero-order valence-corrected chi connectivity index (χ0v) is 16.2. The lowest BCUT2D eigenvalue weighted by molar-refractivity contribution is -0.134. The van der Waals surface area contributed by atoms with Crippen LogP contribution in [-0.4, -0.2) is 46.9 Å². The second-order valence-corrected chi connectivity index (χ2v) is 9.50. The van der Waals surface area contributed by atoms with Crippen LogP contribution in [0.15, 0.2) is 6.20 Å². The SMILES string of the molecule is CC(C)(C)c1cnc(CN2CCC(CN3CCCCC3=O)CC2)s1. The Morgan fingerprint density at radius 3 is 2.58 bits per heavy atom. The molecule has 5 heteroatoms. The number of thiazole rings is 1. The van der Waals surface area contributed by atoms with Crippen molar-refractivity contribution in [2.45, 2.75) is 64.8 Å². The highest BCUT2D eigenvalue weighted by Gasteiger charge is 2.26. The third-order valence-corrected chi connectivity index (χ3v) is 6.67. The topological polar surface area (TPSA) is 36.4 Å². The fourth-order valence-electron chi connectivity index (χ4n) is 3.61. The molecule has 0 bridgehead atoms. The molecule has 2 fully saturated rings. The molecule has 0 N–H and O–H groups in total. The van der Waals surface area contributed by atoms with Gasteiger partial charge in [0.15, 0.2) is 0 Å². The largest absolute Gasteiger partial charge is 0.342 e. The van der Waals surface area contributed by atoms with Crippen LogP contribution in [0.2, 0.25) is 0 Å². The molecule has 3 rings (SSSR count). The summed E-state index contributed by atoms with van der Waals surface area (Å²) in [6.07, 6.45) is 7.50. The van der Waals surface area contributed by atoms with Crippen molar-refractivity contribution in [2.24, 2.45) is 5.92 Å². The van der Waals surface area contributed by atoms with E-state index in [-0.39, 0.29) is 5.41 Å². The van der Waals surface area contributed by atoms with E-state index in [9.17, 15) is 4.79 Å². The van der Waals surface area contributed by atoms with Gasteiger partial charge < -0.3 is 4.90 Å². The number of rotatable bonds is 4. The van der Waals surface area contributed by atoms with Crippen molar-refractivity contribution in [1.82, 2.24) is 14.8 Å². The average molecular weight is 350 g/mol. The minimum Gasteiger partial charge on any atom is -0.342 e. The molecule has 0 spiro atoms. The van der Waals surface area contributed by atoms with Crippen LogP contribution in [0.5, 0.6) is 0 Å². The van der Waals surface area contributed by atoms with Crippen LogP contribution in [0, 0.1) is 5.92 Å². The Morgan fingerprint density at radius 2 is 1.96 bits per heavy atom. The smallest absolute Gasteiger partial charge is 0.222 e. The van der Waals surface area contributed by atoms with Crippen LogP contribution < -0.4 is 0 Å². The Labute approximate surface area is 150 Å². The summed E-state index contributed by atoms with van der Waals surface area (Å²) in [6, 6.07) is 0. The van der Waals surface area contributed by atoms with Gasteiger partial charge in [0.2, 0.25) is 5.91 Å². The number of nitrogens with zero attached hydrogens (tertiary/aromatic N) is 3. The molecule has 0 unspecified atom stereocenters. The first-order valence-electron chi connectivity index (χ1n) is 9.37. The normalized spacial score (nSPS) is 21.5. The van der Waals surface area contributed by atoms with Gasteiger partial charge in [0.25, 0.3) is 0 Å². The van der Waals surface area contributed by atoms with Gasteiger partial charge in [0.1, 0.15) is 5.01 Å². The lowest BCUT2D eigenvalue weighted by atomic mass is 9.95. The molecule has 0 atom stereocenters. The van der Waals surface area contributed by atoms with E-state index in [0.717, 1.165) is 45.6 Å². The second-order valence-electron chi connectivity index (χ2n) is 8.38. The molecular formula is C19H31N3OS. The molecule has 3 heterocycles. The third kappa shape index (κ3) is 4.57. The van der Waals surface area contributed by atoms with E-state index in [0.29, 0.717) is 11.8 Å². The van der Waals surface area contributed by atoms with Crippen molar-refractivity contribution in [2.75, 3.05) is 26.2 Å². The summed E-state index contributed by atoms with van der Waals surface area (Å²) in [4.78, 5) is 22.6. The molecule has 1 amide bonds. The Morgan fingerprint density at radius 1 is 1.21 bits per heavy atom. The van der Waals surface area contributed by atoms with Crippen molar-refractivity contribution in [3.05, 3.63) is 16.1 Å². The number of hydrogen-bond acceptors (Lipinski definition) is 4. The minimum absolute atomic E-state index is 0.198. The van der Waals surface area contributed by atoms with Crippen molar-refractivity contribution in [3.63, 3.8) is 0 Å². The molecule has 0 radical (unpaired) electrons. The van der Waals surface area contributed by atoms with E-state index in [2.05, 4.69) is 41.8 Å². The lowest BCUT2D eigenvalue weighted by Crippen LogP contribution is -2.42. The monoisotopic (exact) mass is 349 g/mol. The van der Waals surface area contributed by atoms with E-state index in [1.54, 1.807) is 0 Å². The Hall–Kier alpha value is -0.940. The fourth-order valence-corrected chi connectivity index (χ4v) is 4.63. The van der Waals surface area contributed by atoms with Gasteiger partial charge in [-0.25, -0.2) is 4.98 Å². The van der Waals surface area contributed by atoms with Crippen LogP contribution in [0.1, 0.15) is 62.8 Å². The van der Waals surface area contributed by atoms with Gasteiger partial charge in [-0.1, -0.05) is 20.8 Å². The summed E-state index contributed by atoms with van der Waals surface area (Å²) in [5, 5.41) is 1.24. The molecule has 0 aromatic carbocycles. The lowest BCUT2D eigenvalue weighted by Gasteiger charge is -2.35. The zero-order chi connectivity index (χ0) is 17.2. The Kier molecular flexibility index (Phi) is 5.60. The molecular weight excluding hydrogens is 318 g/mol. The summed E-state index contributed by atoms with van der Waals surface area (Å²) in [7, 11) is 0. The fraction of sp³-hybridized carbons (Fsp3) is 0.789. The second kappa shape index (κ2) is 7.52. The summed E-state index contributed by atoms with van der Waals surface area (Å²) in [6.45, 7) is 12.0. The molecule has 2 saturated heterocycles. The van der Waals surface area contributed by atoms with Crippen LogP contribution in [0.4, 0.5) is 0 Å². The quantitative estimate of drug-likeness (QED) is 0.832. The van der Waals surface area contributed by atoms with Crippen LogP contribution >= 0.6 is 11.3 Å². The van der Waals surface area contributed by atoms with Crippen LogP contribution in [0.25, 0.3) is 0 Å². The minimum atomic E-state index is 0.198. The predicted octanol–water partition coefficient (Wildman–Crippen LogP) is 3.67. The number of carbonyl (C=O) groups excluding carboxylic acids is 1. The maximum Gasteiger partial charge on any atom is 0.222 e. The van der Waals surface area contributed by atoms with E-state index in [1.807, 2.05) is 11.3 Å². The predicted molar refractivity (Wildman–Crippen MR) is 99.2 cm³/mol. The van der Waals surface area contributed by atoms with Gasteiger partial charge in [-0.15, -0.1) is 11.3 Å². The first-order valence-corrected chi connectivity index (χ1v) is 10.2. The number of amides is 1. The van der Waals surface area contributed by atoms with Gasteiger partial charge in [-0.3, -0.25) is 9.69 Å². The Balaban J connectivity index is 1.45. The number of carbonyl (C=O) groups is 1. The van der Waals surface area contributed by atoms with Gasteiger partial charge in [-0.05, 0) is 50.1 Å². The van der Waals surface area contributed by atoms with Gasteiger partial charge in [0, 0.05) is 30.6 Å². The van der Waals surface area contributed by atoms with E-state index in [4.69, 9.17) is 0 Å². The van der Waals surface area contributed by atoms with Gasteiger partial charge >= 0.3 is 0 Å². The van der Waals surface area contributed by atoms with E-state index < -0.39 is 0 Å². The highest BCUT2D eigenvalue weighted by Crippen LogP contribution is 2.29. The summed E-state index contributed by atoms with van der Waals surface area (Å²) < 4.78 is 0. The van der Waals surface area contributed by atoms with Crippen molar-refractivity contribution < 1.29 is 4.79 Å². The first kappa shape index (κ1) is 17.9. The number of hydrogen-bond donors (Lipinski definition) is 0. The maximum atomic E-state index is 12.0. The highest BCUT2D eigenvalue weighted by atomic mass is 32.1. The van der Waals surface area contributed by atoms with E-state index >= 15 is 0 Å². The van der Waals surface area contributed by atoms with E-state index in [1.165, 1.54) is 29.1 Å². The van der Waals surface area contributed by atoms with Crippen molar-refractivity contribution >= 4 is 17.2 Å². The van der Waals surface area contributed by atoms with Crippen molar-refractivity contribution in [3.8, 4) is 0 Å². The van der Waals surface area contributed by atoms with Gasteiger partial charge in [0.05, 0.1) is 6.54 Å². The molecule has 1 aromatic rings.